The van der Waals surface area contributed by atoms with Crippen LogP contribution >= 0.6 is 0 Å². The third-order valence-electron chi connectivity index (χ3n) is 6.03. The predicted octanol–water partition coefficient (Wildman–Crippen LogP) is 0.759. The van der Waals surface area contributed by atoms with Gasteiger partial charge in [0.15, 0.2) is 11.5 Å². The van der Waals surface area contributed by atoms with Crippen LogP contribution in [0.2, 0.25) is 0 Å². The van der Waals surface area contributed by atoms with E-state index < -0.39 is 5.63 Å². The van der Waals surface area contributed by atoms with Crippen LogP contribution < -0.4 is 31.0 Å². The van der Waals surface area contributed by atoms with E-state index in [4.69, 9.17) is 13.9 Å². The molecule has 29 heavy (non-hydrogen) atoms. The Morgan fingerprint density at radius 1 is 1.14 bits per heavy atom. The highest BCUT2D eigenvalue weighted by molar-refractivity contribution is 5.85. The fourth-order valence-corrected chi connectivity index (χ4v) is 4.34. The van der Waals surface area contributed by atoms with Gasteiger partial charge in [0.1, 0.15) is 5.58 Å². The Hall–Kier alpha value is -2.78. The third kappa shape index (κ3) is 3.51. The monoisotopic (exact) mass is 400 g/mol. The highest BCUT2D eigenvalue weighted by Gasteiger charge is 2.36. The molecule has 0 unspecified atom stereocenters. The summed E-state index contributed by atoms with van der Waals surface area (Å²) < 4.78 is 16.0. The smallest absolute Gasteiger partial charge is 0.336 e. The number of carbonyl (C=O) groups excluding carboxylic acids is 1. The number of nitrogens with zero attached hydrogens (tertiary/aromatic N) is 1. The number of fused-ring (bicyclic) bond motifs is 2. The van der Waals surface area contributed by atoms with Crippen molar-refractivity contribution < 1.29 is 18.7 Å². The molecule has 3 N–H and O–H groups in total. The highest BCUT2D eigenvalue weighted by atomic mass is 16.7. The van der Waals surface area contributed by atoms with Crippen LogP contribution in [-0.2, 0) is 6.54 Å². The number of likely N-dealkylation sites (tertiary alicyclic amines) is 1. The van der Waals surface area contributed by atoms with Crippen molar-refractivity contribution in [1.82, 2.24) is 20.9 Å². The van der Waals surface area contributed by atoms with Gasteiger partial charge in [0.25, 0.3) is 0 Å². The highest BCUT2D eigenvalue weighted by Crippen LogP contribution is 2.36. The van der Waals surface area contributed by atoms with E-state index in [9.17, 15) is 9.59 Å². The number of piperidine rings is 1. The lowest BCUT2D eigenvalue weighted by molar-refractivity contribution is 0.130. The van der Waals surface area contributed by atoms with E-state index >= 15 is 0 Å². The first-order chi connectivity index (χ1) is 14.1. The van der Waals surface area contributed by atoms with E-state index in [2.05, 4.69) is 16.0 Å². The van der Waals surface area contributed by atoms with Gasteiger partial charge in [-0.15, -0.1) is 0 Å². The summed E-state index contributed by atoms with van der Waals surface area (Å²) in [4.78, 5) is 26.5. The molecule has 0 aliphatic carbocycles. The summed E-state index contributed by atoms with van der Waals surface area (Å²) >= 11 is 0. The number of carbonyl (C=O) groups is 1. The van der Waals surface area contributed by atoms with Crippen LogP contribution in [0.1, 0.15) is 18.4 Å². The number of piperazine rings is 1. The molecule has 1 spiro atoms. The third-order valence-corrected chi connectivity index (χ3v) is 6.03. The van der Waals surface area contributed by atoms with Crippen molar-refractivity contribution >= 4 is 17.0 Å². The maximum absolute atomic E-state index is 12.7. The minimum Gasteiger partial charge on any atom is -0.454 e. The number of amides is 2. The lowest BCUT2D eigenvalue weighted by atomic mass is 9.86. The zero-order chi connectivity index (χ0) is 19.8. The van der Waals surface area contributed by atoms with E-state index in [0.29, 0.717) is 35.7 Å². The van der Waals surface area contributed by atoms with Crippen molar-refractivity contribution in [3.8, 4) is 11.5 Å². The molecule has 0 atom stereocenters. The summed E-state index contributed by atoms with van der Waals surface area (Å²) in [5.74, 6) is 1.16. The number of hydrogen-bond donors (Lipinski definition) is 3. The van der Waals surface area contributed by atoms with Crippen molar-refractivity contribution in [2.45, 2.75) is 24.9 Å². The maximum Gasteiger partial charge on any atom is 0.336 e. The molecule has 3 aliphatic heterocycles. The SMILES string of the molecule is O=C(NCc1cc(=O)oc2cc3c(cc12)OCO3)N1CCC2(CC1)CNCCN2. The summed E-state index contributed by atoms with van der Waals surface area (Å²) in [5, 5.41) is 10.7. The Balaban J connectivity index is 1.27. The zero-order valence-corrected chi connectivity index (χ0v) is 16.1. The predicted molar refractivity (Wildman–Crippen MR) is 105 cm³/mol. The van der Waals surface area contributed by atoms with Crippen LogP contribution in [0.3, 0.4) is 0 Å². The van der Waals surface area contributed by atoms with Crippen LogP contribution in [0, 0.1) is 0 Å². The second kappa shape index (κ2) is 7.23. The van der Waals surface area contributed by atoms with Gasteiger partial charge in [0, 0.05) is 62.3 Å². The van der Waals surface area contributed by atoms with Crippen LogP contribution in [0.25, 0.3) is 11.0 Å². The Labute approximate surface area is 167 Å². The van der Waals surface area contributed by atoms with Crippen molar-refractivity contribution in [2.24, 2.45) is 0 Å². The maximum atomic E-state index is 12.7. The number of ether oxygens (including phenoxy) is 2. The molecule has 154 valence electrons. The Kier molecular flexibility index (Phi) is 4.56. The minimum absolute atomic E-state index is 0.103. The molecule has 9 nitrogen and oxygen atoms in total. The fourth-order valence-electron chi connectivity index (χ4n) is 4.34. The number of urea groups is 1. The largest absolute Gasteiger partial charge is 0.454 e. The van der Waals surface area contributed by atoms with E-state index in [-0.39, 0.29) is 24.9 Å². The van der Waals surface area contributed by atoms with Gasteiger partial charge in [0.2, 0.25) is 6.79 Å². The second-order valence-corrected chi connectivity index (χ2v) is 7.82. The summed E-state index contributed by atoms with van der Waals surface area (Å²) in [7, 11) is 0. The van der Waals surface area contributed by atoms with Gasteiger partial charge < -0.3 is 34.7 Å². The van der Waals surface area contributed by atoms with Gasteiger partial charge in [-0.25, -0.2) is 9.59 Å². The van der Waals surface area contributed by atoms with E-state index in [1.54, 1.807) is 12.1 Å². The molecular formula is C20H24N4O5. The average Bonchev–Trinajstić information content (AvgIpc) is 3.19. The molecule has 0 bridgehead atoms. The number of rotatable bonds is 2. The molecular weight excluding hydrogens is 376 g/mol. The molecule has 9 heteroatoms. The van der Waals surface area contributed by atoms with Gasteiger partial charge in [-0.1, -0.05) is 0 Å². The first-order valence-electron chi connectivity index (χ1n) is 9.97. The summed E-state index contributed by atoms with van der Waals surface area (Å²) in [6.07, 6.45) is 1.85. The van der Waals surface area contributed by atoms with Gasteiger partial charge >= 0.3 is 11.7 Å². The molecule has 4 heterocycles. The molecule has 2 fully saturated rings. The average molecular weight is 400 g/mol. The molecule has 1 aromatic heterocycles. The molecule has 1 aromatic carbocycles. The molecule has 5 rings (SSSR count). The summed E-state index contributed by atoms with van der Waals surface area (Å²) in [5.41, 5.74) is 0.749. The first kappa shape index (κ1) is 18.3. The molecule has 3 aliphatic rings. The van der Waals surface area contributed by atoms with Gasteiger partial charge in [-0.3, -0.25) is 0 Å². The lowest BCUT2D eigenvalue weighted by Crippen LogP contribution is -2.64. The quantitative estimate of drug-likeness (QED) is 0.639. The van der Waals surface area contributed by atoms with Gasteiger partial charge in [-0.2, -0.15) is 0 Å². The zero-order valence-electron chi connectivity index (χ0n) is 16.1. The Morgan fingerprint density at radius 3 is 2.69 bits per heavy atom. The molecule has 2 saturated heterocycles. The number of benzene rings is 1. The van der Waals surface area contributed by atoms with E-state index in [1.165, 1.54) is 6.07 Å². The van der Waals surface area contributed by atoms with Crippen LogP contribution in [0.5, 0.6) is 11.5 Å². The van der Waals surface area contributed by atoms with Crippen molar-refractivity contribution in [1.29, 1.82) is 0 Å². The van der Waals surface area contributed by atoms with Gasteiger partial charge in [0.05, 0.1) is 0 Å². The molecule has 2 aromatic rings. The molecule has 0 radical (unpaired) electrons. The van der Waals surface area contributed by atoms with Crippen LogP contribution in [0.15, 0.2) is 27.4 Å². The van der Waals surface area contributed by atoms with Crippen molar-refractivity contribution in [3.05, 3.63) is 34.2 Å². The normalized spacial score (nSPS) is 20.2. The first-order valence-corrected chi connectivity index (χ1v) is 9.97. The Bertz CT molecular complexity index is 988. The Morgan fingerprint density at radius 2 is 1.93 bits per heavy atom. The van der Waals surface area contributed by atoms with Crippen LogP contribution in [0.4, 0.5) is 4.79 Å². The second-order valence-electron chi connectivity index (χ2n) is 7.82. The topological polar surface area (TPSA) is 105 Å². The minimum atomic E-state index is -0.462. The fraction of sp³-hybridized carbons (Fsp3) is 0.500. The lowest BCUT2D eigenvalue weighted by Gasteiger charge is -2.45. The van der Waals surface area contributed by atoms with Gasteiger partial charge in [-0.05, 0) is 24.5 Å². The standard InChI is InChI=1S/C20H24N4O5/c25-18-7-13(14-8-16-17(28-12-27-16)9-15(14)29-18)10-22-19(26)24-5-1-20(2-6-24)11-21-3-4-23-20/h7-9,21,23H,1-6,10-12H2,(H,22,26). The summed E-state index contributed by atoms with van der Waals surface area (Å²) in [6.45, 7) is 4.70. The molecule has 0 saturated carbocycles. The van der Waals surface area contributed by atoms with Crippen molar-refractivity contribution in [2.75, 3.05) is 39.5 Å². The van der Waals surface area contributed by atoms with E-state index in [1.807, 2.05) is 4.90 Å². The number of hydrogen-bond acceptors (Lipinski definition) is 7. The van der Waals surface area contributed by atoms with Crippen LogP contribution in [-0.4, -0.2) is 56.0 Å². The molecule has 2 amide bonds. The summed E-state index contributed by atoms with van der Waals surface area (Å²) in [6, 6.07) is 4.73. The van der Waals surface area contributed by atoms with Crippen molar-refractivity contribution in [3.63, 3.8) is 0 Å². The van der Waals surface area contributed by atoms with E-state index in [0.717, 1.165) is 37.9 Å². The number of nitrogens with one attached hydrogen (secondary N) is 3.